The summed E-state index contributed by atoms with van der Waals surface area (Å²) in [4.78, 5) is 0. The normalized spacial score (nSPS) is 25.7. The molecule has 102 valence electrons. The third-order valence-corrected chi connectivity index (χ3v) is 3.54. The van der Waals surface area contributed by atoms with Crippen molar-refractivity contribution in [3.8, 4) is 5.75 Å². The zero-order valence-corrected chi connectivity index (χ0v) is 11.5. The molecule has 5 heteroatoms. The number of aliphatic hydroxyl groups is 1. The van der Waals surface area contributed by atoms with Gasteiger partial charge in [-0.2, -0.15) is 5.10 Å². The molecule has 1 saturated heterocycles. The molecule has 3 unspecified atom stereocenters. The van der Waals surface area contributed by atoms with Crippen LogP contribution in [0.3, 0.4) is 0 Å². The first-order chi connectivity index (χ1) is 8.56. The van der Waals surface area contributed by atoms with Crippen molar-refractivity contribution in [1.82, 2.24) is 9.78 Å². The Kier molecular flexibility index (Phi) is 3.92. The van der Waals surface area contributed by atoms with E-state index in [1.165, 1.54) is 0 Å². The zero-order chi connectivity index (χ0) is 13.3. The molecular formula is C13H22N2O3. The fourth-order valence-electron chi connectivity index (χ4n) is 2.48. The molecular weight excluding hydrogens is 232 g/mol. The predicted octanol–water partition coefficient (Wildman–Crippen LogP) is 1.93. The molecule has 1 aliphatic rings. The van der Waals surface area contributed by atoms with Gasteiger partial charge in [-0.3, -0.25) is 4.68 Å². The highest BCUT2D eigenvalue weighted by Gasteiger charge is 2.35. The van der Waals surface area contributed by atoms with E-state index < -0.39 is 6.10 Å². The topological polar surface area (TPSA) is 56.5 Å². The lowest BCUT2D eigenvalue weighted by molar-refractivity contribution is -0.0233. The van der Waals surface area contributed by atoms with E-state index in [0.717, 1.165) is 6.42 Å². The van der Waals surface area contributed by atoms with E-state index in [1.807, 2.05) is 13.8 Å². The lowest BCUT2D eigenvalue weighted by atomic mass is 9.97. The Bertz CT molecular complexity index is 403. The number of aliphatic hydroxyl groups excluding tert-OH is 1. The summed E-state index contributed by atoms with van der Waals surface area (Å²) in [5.41, 5.74) is 0.714. The van der Waals surface area contributed by atoms with Crippen molar-refractivity contribution in [2.24, 2.45) is 5.92 Å². The van der Waals surface area contributed by atoms with E-state index in [0.29, 0.717) is 24.0 Å². The van der Waals surface area contributed by atoms with Gasteiger partial charge in [0, 0.05) is 12.6 Å². The van der Waals surface area contributed by atoms with Gasteiger partial charge < -0.3 is 14.6 Å². The number of aromatic nitrogens is 2. The Morgan fingerprint density at radius 3 is 2.78 bits per heavy atom. The molecule has 0 spiro atoms. The summed E-state index contributed by atoms with van der Waals surface area (Å²) in [5, 5.41) is 14.8. The van der Waals surface area contributed by atoms with Crippen LogP contribution >= 0.6 is 0 Å². The van der Waals surface area contributed by atoms with Crippen molar-refractivity contribution >= 4 is 0 Å². The maximum absolute atomic E-state index is 10.6. The van der Waals surface area contributed by atoms with Crippen LogP contribution in [0.15, 0.2) is 6.20 Å². The lowest BCUT2D eigenvalue weighted by Gasteiger charge is -2.24. The fraction of sp³-hybridized carbons (Fsp3) is 0.769. The highest BCUT2D eigenvalue weighted by atomic mass is 16.5. The molecule has 1 fully saturated rings. The molecule has 0 bridgehead atoms. The quantitative estimate of drug-likeness (QED) is 0.892. The van der Waals surface area contributed by atoms with E-state index in [9.17, 15) is 5.11 Å². The second kappa shape index (κ2) is 5.28. The van der Waals surface area contributed by atoms with Crippen LogP contribution in [-0.2, 0) is 4.74 Å². The Hall–Kier alpha value is -1.07. The minimum Gasteiger partial charge on any atom is -0.493 e. The van der Waals surface area contributed by atoms with Crippen molar-refractivity contribution < 1.29 is 14.6 Å². The van der Waals surface area contributed by atoms with Gasteiger partial charge in [-0.1, -0.05) is 6.92 Å². The van der Waals surface area contributed by atoms with Crippen molar-refractivity contribution in [3.63, 3.8) is 0 Å². The molecule has 5 nitrogen and oxygen atoms in total. The SMILES string of the molecule is COc1cnn(C(C)C)c1C(O)C1OCCC1C. The van der Waals surface area contributed by atoms with Crippen molar-refractivity contribution in [1.29, 1.82) is 0 Å². The summed E-state index contributed by atoms with van der Waals surface area (Å²) in [7, 11) is 1.59. The van der Waals surface area contributed by atoms with Crippen molar-refractivity contribution in [2.45, 2.75) is 45.4 Å². The molecule has 1 N–H and O–H groups in total. The maximum atomic E-state index is 10.6. The third kappa shape index (κ3) is 2.24. The number of ether oxygens (including phenoxy) is 2. The van der Waals surface area contributed by atoms with Gasteiger partial charge in [-0.25, -0.2) is 0 Å². The average Bonchev–Trinajstić information content (AvgIpc) is 2.93. The molecule has 2 heterocycles. The summed E-state index contributed by atoms with van der Waals surface area (Å²) >= 11 is 0. The number of nitrogens with zero attached hydrogens (tertiary/aromatic N) is 2. The first-order valence-corrected chi connectivity index (χ1v) is 6.47. The van der Waals surface area contributed by atoms with Crippen LogP contribution in [0.1, 0.15) is 45.0 Å². The maximum Gasteiger partial charge on any atom is 0.162 e. The second-order valence-corrected chi connectivity index (χ2v) is 5.18. The molecule has 1 aromatic heterocycles. The Morgan fingerprint density at radius 1 is 1.56 bits per heavy atom. The standard InChI is InChI=1S/C13H22N2O3/c1-8(2)15-11(10(17-4)7-14-15)12(16)13-9(3)5-6-18-13/h7-9,12-13,16H,5-6H2,1-4H3. The smallest absolute Gasteiger partial charge is 0.162 e. The second-order valence-electron chi connectivity index (χ2n) is 5.18. The Balaban J connectivity index is 2.33. The molecule has 0 radical (unpaired) electrons. The van der Waals surface area contributed by atoms with Crippen LogP contribution in [0, 0.1) is 5.92 Å². The van der Waals surface area contributed by atoms with Crippen molar-refractivity contribution in [2.75, 3.05) is 13.7 Å². The summed E-state index contributed by atoms with van der Waals surface area (Å²) in [6.45, 7) is 6.87. The molecule has 0 aromatic carbocycles. The Morgan fingerprint density at radius 2 is 2.28 bits per heavy atom. The van der Waals surface area contributed by atoms with Gasteiger partial charge in [0.1, 0.15) is 11.8 Å². The summed E-state index contributed by atoms with van der Waals surface area (Å²) in [6.07, 6.45) is 1.77. The molecule has 18 heavy (non-hydrogen) atoms. The number of hydrogen-bond acceptors (Lipinski definition) is 4. The number of rotatable bonds is 4. The highest BCUT2D eigenvalue weighted by molar-refractivity contribution is 5.28. The minimum atomic E-state index is -0.692. The molecule has 3 atom stereocenters. The monoisotopic (exact) mass is 254 g/mol. The van der Waals surface area contributed by atoms with Crippen molar-refractivity contribution in [3.05, 3.63) is 11.9 Å². The molecule has 0 amide bonds. The predicted molar refractivity (Wildman–Crippen MR) is 67.6 cm³/mol. The van der Waals surface area contributed by atoms with Gasteiger partial charge in [0.2, 0.25) is 0 Å². The van der Waals surface area contributed by atoms with Gasteiger partial charge in [0.15, 0.2) is 5.75 Å². The fourth-order valence-corrected chi connectivity index (χ4v) is 2.48. The van der Waals surface area contributed by atoms with E-state index in [2.05, 4.69) is 12.0 Å². The summed E-state index contributed by atoms with van der Waals surface area (Å²) < 4.78 is 12.7. The molecule has 0 aliphatic carbocycles. The molecule has 1 aromatic rings. The van der Waals surface area contributed by atoms with Crippen LogP contribution in [-0.4, -0.2) is 34.7 Å². The molecule has 2 rings (SSSR count). The zero-order valence-electron chi connectivity index (χ0n) is 11.5. The van der Waals surface area contributed by atoms with Crippen LogP contribution in [0.5, 0.6) is 5.75 Å². The summed E-state index contributed by atoms with van der Waals surface area (Å²) in [5.74, 6) is 0.971. The van der Waals surface area contributed by atoms with Gasteiger partial charge in [-0.05, 0) is 26.2 Å². The Labute approximate surface area is 108 Å². The number of methoxy groups -OCH3 is 1. The molecule has 0 saturated carbocycles. The van der Waals surface area contributed by atoms with E-state index in [-0.39, 0.29) is 12.1 Å². The lowest BCUT2D eigenvalue weighted by Crippen LogP contribution is -2.26. The molecule has 1 aliphatic heterocycles. The van der Waals surface area contributed by atoms with Gasteiger partial charge in [-0.15, -0.1) is 0 Å². The first kappa shape index (κ1) is 13.4. The average molecular weight is 254 g/mol. The third-order valence-electron chi connectivity index (χ3n) is 3.54. The van der Waals surface area contributed by atoms with Crippen LogP contribution in [0.2, 0.25) is 0 Å². The highest BCUT2D eigenvalue weighted by Crippen LogP contribution is 2.36. The van der Waals surface area contributed by atoms with Gasteiger partial charge >= 0.3 is 0 Å². The van der Waals surface area contributed by atoms with Gasteiger partial charge in [0.05, 0.1) is 19.4 Å². The van der Waals surface area contributed by atoms with Gasteiger partial charge in [0.25, 0.3) is 0 Å². The van der Waals surface area contributed by atoms with E-state index in [4.69, 9.17) is 9.47 Å². The van der Waals surface area contributed by atoms with E-state index >= 15 is 0 Å². The van der Waals surface area contributed by atoms with Crippen LogP contribution < -0.4 is 4.74 Å². The first-order valence-electron chi connectivity index (χ1n) is 6.47. The van der Waals surface area contributed by atoms with Crippen LogP contribution in [0.25, 0.3) is 0 Å². The number of hydrogen-bond donors (Lipinski definition) is 1. The van der Waals surface area contributed by atoms with Crippen LogP contribution in [0.4, 0.5) is 0 Å². The largest absolute Gasteiger partial charge is 0.493 e. The minimum absolute atomic E-state index is 0.173. The van der Waals surface area contributed by atoms with E-state index in [1.54, 1.807) is 18.0 Å². The summed E-state index contributed by atoms with van der Waals surface area (Å²) in [6, 6.07) is 0.176.